The van der Waals surface area contributed by atoms with E-state index < -0.39 is 10.5 Å². The van der Waals surface area contributed by atoms with E-state index in [0.717, 1.165) is 0 Å². The average molecular weight is 259 g/mol. The van der Waals surface area contributed by atoms with Crippen LogP contribution in [0.1, 0.15) is 0 Å². The zero-order chi connectivity index (χ0) is 11.9. The smallest absolute Gasteiger partial charge is 0.294 e. The number of aromatic amines is 1. The number of hydrogen-bond donors (Lipinski definition) is 1. The van der Waals surface area contributed by atoms with Gasteiger partial charge in [-0.15, -0.1) is 0 Å². The molecule has 5 nitrogen and oxygen atoms in total. The van der Waals surface area contributed by atoms with E-state index in [4.69, 9.17) is 23.2 Å². The molecule has 2 aromatic rings. The topological polar surface area (TPSA) is 76.0 Å². The SMILES string of the molecule is O=c1[nH]c2c([N+](=O)[O-])cc(Cl)cc2cc1Cl. The first kappa shape index (κ1) is 10.9. The van der Waals surface area contributed by atoms with Crippen molar-refractivity contribution in [2.45, 2.75) is 0 Å². The maximum atomic E-state index is 11.2. The normalized spacial score (nSPS) is 10.6. The highest BCUT2D eigenvalue weighted by Gasteiger charge is 2.15. The number of nitrogens with zero attached hydrogens (tertiary/aromatic N) is 1. The van der Waals surface area contributed by atoms with Crippen LogP contribution in [0.15, 0.2) is 23.0 Å². The van der Waals surface area contributed by atoms with Crippen molar-refractivity contribution in [1.29, 1.82) is 0 Å². The molecule has 16 heavy (non-hydrogen) atoms. The molecule has 0 aliphatic rings. The van der Waals surface area contributed by atoms with Gasteiger partial charge in [0.05, 0.1) is 4.92 Å². The number of hydrogen-bond acceptors (Lipinski definition) is 3. The average Bonchev–Trinajstić information content (AvgIpc) is 2.19. The lowest BCUT2D eigenvalue weighted by Crippen LogP contribution is -2.06. The molecule has 82 valence electrons. The lowest BCUT2D eigenvalue weighted by atomic mass is 10.2. The van der Waals surface area contributed by atoms with Crippen LogP contribution < -0.4 is 5.56 Å². The van der Waals surface area contributed by atoms with Crippen molar-refractivity contribution in [1.82, 2.24) is 4.98 Å². The number of nitro groups is 1. The van der Waals surface area contributed by atoms with Crippen LogP contribution in [0.4, 0.5) is 5.69 Å². The summed E-state index contributed by atoms with van der Waals surface area (Å²) >= 11 is 11.3. The molecular formula is C9H4Cl2N2O3. The van der Waals surface area contributed by atoms with E-state index in [-0.39, 0.29) is 21.2 Å². The highest BCUT2D eigenvalue weighted by molar-refractivity contribution is 6.32. The van der Waals surface area contributed by atoms with Crippen LogP contribution >= 0.6 is 23.2 Å². The summed E-state index contributed by atoms with van der Waals surface area (Å²) in [7, 11) is 0. The van der Waals surface area contributed by atoms with E-state index >= 15 is 0 Å². The van der Waals surface area contributed by atoms with Crippen LogP contribution in [0.25, 0.3) is 10.9 Å². The largest absolute Gasteiger partial charge is 0.315 e. The number of nitro benzene ring substituents is 1. The van der Waals surface area contributed by atoms with Crippen molar-refractivity contribution in [2.24, 2.45) is 0 Å². The van der Waals surface area contributed by atoms with Gasteiger partial charge in [0.25, 0.3) is 11.2 Å². The van der Waals surface area contributed by atoms with Gasteiger partial charge < -0.3 is 4.98 Å². The Bertz CT molecular complexity index is 651. The first-order chi connectivity index (χ1) is 7.49. The summed E-state index contributed by atoms with van der Waals surface area (Å²) in [5.41, 5.74) is -0.709. The van der Waals surface area contributed by atoms with E-state index in [1.807, 2.05) is 0 Å². The Hall–Kier alpha value is -1.59. The van der Waals surface area contributed by atoms with Gasteiger partial charge in [-0.2, -0.15) is 0 Å². The molecule has 0 atom stereocenters. The molecule has 7 heteroatoms. The Morgan fingerprint density at radius 3 is 2.56 bits per heavy atom. The van der Waals surface area contributed by atoms with Crippen LogP contribution in [-0.2, 0) is 0 Å². The van der Waals surface area contributed by atoms with E-state index in [9.17, 15) is 14.9 Å². The van der Waals surface area contributed by atoms with Crippen molar-refractivity contribution >= 4 is 39.8 Å². The predicted molar refractivity (Wildman–Crippen MR) is 61.2 cm³/mol. The second-order valence-corrected chi connectivity index (χ2v) is 3.94. The van der Waals surface area contributed by atoms with E-state index in [0.29, 0.717) is 5.39 Å². The Balaban J connectivity index is 2.96. The standard InChI is InChI=1S/C9H4Cl2N2O3/c10-5-1-4-2-6(11)9(14)12-8(4)7(3-5)13(15)16/h1-3H,(H,12,14). The predicted octanol–water partition coefficient (Wildman–Crippen LogP) is 2.74. The second kappa shape index (κ2) is 3.77. The number of H-pyrrole nitrogens is 1. The maximum Gasteiger partial charge on any atom is 0.294 e. The molecule has 1 N–H and O–H groups in total. The van der Waals surface area contributed by atoms with Gasteiger partial charge >= 0.3 is 0 Å². The number of rotatable bonds is 1. The second-order valence-electron chi connectivity index (χ2n) is 3.09. The van der Waals surface area contributed by atoms with Gasteiger partial charge in [0.1, 0.15) is 10.5 Å². The number of halogens is 2. The Labute approximate surface area is 98.8 Å². The lowest BCUT2D eigenvalue weighted by molar-refractivity contribution is -0.383. The molecule has 0 amide bonds. The molecule has 0 spiro atoms. The zero-order valence-electron chi connectivity index (χ0n) is 7.66. The third-order valence-electron chi connectivity index (χ3n) is 2.05. The number of aromatic nitrogens is 1. The molecule has 0 saturated carbocycles. The van der Waals surface area contributed by atoms with E-state index in [1.54, 1.807) is 0 Å². The van der Waals surface area contributed by atoms with Crippen LogP contribution in [-0.4, -0.2) is 9.91 Å². The quantitative estimate of drug-likeness (QED) is 0.631. The first-order valence-electron chi connectivity index (χ1n) is 4.15. The molecule has 0 radical (unpaired) electrons. The monoisotopic (exact) mass is 258 g/mol. The number of pyridine rings is 1. The minimum Gasteiger partial charge on any atom is -0.315 e. The molecule has 0 saturated heterocycles. The molecule has 0 aliphatic heterocycles. The van der Waals surface area contributed by atoms with Gasteiger partial charge in [-0.3, -0.25) is 14.9 Å². The zero-order valence-corrected chi connectivity index (χ0v) is 9.17. The summed E-state index contributed by atoms with van der Waals surface area (Å²) in [6.45, 7) is 0. The molecular weight excluding hydrogens is 255 g/mol. The van der Waals surface area contributed by atoms with Crippen molar-refractivity contribution in [3.05, 3.63) is 48.7 Å². The van der Waals surface area contributed by atoms with Crippen molar-refractivity contribution < 1.29 is 4.92 Å². The molecule has 0 aliphatic carbocycles. The molecule has 1 aromatic carbocycles. The van der Waals surface area contributed by atoms with E-state index in [2.05, 4.69) is 4.98 Å². The third-order valence-corrected chi connectivity index (χ3v) is 2.55. The Morgan fingerprint density at radius 2 is 1.94 bits per heavy atom. The number of benzene rings is 1. The van der Waals surface area contributed by atoms with Crippen LogP contribution in [0.5, 0.6) is 0 Å². The Kier molecular flexibility index (Phi) is 2.57. The van der Waals surface area contributed by atoms with Gasteiger partial charge in [0, 0.05) is 16.5 Å². The minimum atomic E-state index is -0.613. The Morgan fingerprint density at radius 1 is 1.25 bits per heavy atom. The van der Waals surface area contributed by atoms with Crippen molar-refractivity contribution in [3.8, 4) is 0 Å². The molecule has 0 bridgehead atoms. The van der Waals surface area contributed by atoms with Crippen LogP contribution in [0.3, 0.4) is 0 Å². The van der Waals surface area contributed by atoms with Gasteiger partial charge in [0.15, 0.2) is 0 Å². The van der Waals surface area contributed by atoms with Crippen molar-refractivity contribution in [3.63, 3.8) is 0 Å². The highest BCUT2D eigenvalue weighted by Crippen LogP contribution is 2.28. The lowest BCUT2D eigenvalue weighted by Gasteiger charge is -2.00. The summed E-state index contributed by atoms with van der Waals surface area (Å²) in [6, 6.07) is 4.01. The van der Waals surface area contributed by atoms with Gasteiger partial charge in [-0.1, -0.05) is 23.2 Å². The molecule has 0 unspecified atom stereocenters. The summed E-state index contributed by atoms with van der Waals surface area (Å²) in [4.78, 5) is 23.7. The highest BCUT2D eigenvalue weighted by atomic mass is 35.5. The molecule has 1 aromatic heterocycles. The maximum absolute atomic E-state index is 11.2. The first-order valence-corrected chi connectivity index (χ1v) is 4.91. The third kappa shape index (κ3) is 1.75. The van der Waals surface area contributed by atoms with Gasteiger partial charge in [-0.05, 0) is 12.1 Å². The number of nitrogens with one attached hydrogen (secondary N) is 1. The van der Waals surface area contributed by atoms with Crippen LogP contribution in [0, 0.1) is 10.1 Å². The summed E-state index contributed by atoms with van der Waals surface area (Å²) < 4.78 is 0. The summed E-state index contributed by atoms with van der Waals surface area (Å²) in [6.07, 6.45) is 0. The number of fused-ring (bicyclic) bond motifs is 1. The summed E-state index contributed by atoms with van der Waals surface area (Å²) in [5.74, 6) is 0. The van der Waals surface area contributed by atoms with Gasteiger partial charge in [-0.25, -0.2) is 0 Å². The molecule has 1 heterocycles. The van der Waals surface area contributed by atoms with Crippen molar-refractivity contribution in [2.75, 3.05) is 0 Å². The fraction of sp³-hybridized carbons (Fsp3) is 0. The number of non-ortho nitro benzene ring substituents is 1. The molecule has 0 fully saturated rings. The minimum absolute atomic E-state index is 0.0379. The molecule has 2 rings (SSSR count). The van der Waals surface area contributed by atoms with Gasteiger partial charge in [0.2, 0.25) is 0 Å². The van der Waals surface area contributed by atoms with E-state index in [1.165, 1.54) is 18.2 Å². The fourth-order valence-electron chi connectivity index (χ4n) is 1.38. The van der Waals surface area contributed by atoms with Crippen LogP contribution in [0.2, 0.25) is 10.0 Å². The summed E-state index contributed by atoms with van der Waals surface area (Å²) in [5, 5.41) is 11.3. The fourth-order valence-corrected chi connectivity index (χ4v) is 1.77.